The lowest BCUT2D eigenvalue weighted by molar-refractivity contribution is -0.141. The summed E-state index contributed by atoms with van der Waals surface area (Å²) in [5, 5.41) is 16.0. The Labute approximate surface area is 136 Å². The van der Waals surface area contributed by atoms with E-state index in [4.69, 9.17) is 5.11 Å². The Balaban J connectivity index is 4.26. The first-order valence-electron chi connectivity index (χ1n) is 7.81. The summed E-state index contributed by atoms with van der Waals surface area (Å²) in [6.45, 7) is 6.33. The summed E-state index contributed by atoms with van der Waals surface area (Å²) < 4.78 is 0. The standard InChI is InChI=1S/C15H27N3O5/c1-5-6-7-8-12(19)16-9(2)13(20)17-10(3)14(21)18-11(4)15(22)23/h9-11H,5-8H2,1-4H3,(H,16,19)(H,17,20)(H,18,21)(H,22,23)/t9-,10-,11?/m0/s1. The van der Waals surface area contributed by atoms with Crippen molar-refractivity contribution in [3.63, 3.8) is 0 Å². The number of hydrogen-bond acceptors (Lipinski definition) is 4. The van der Waals surface area contributed by atoms with Crippen LogP contribution < -0.4 is 16.0 Å². The lowest BCUT2D eigenvalue weighted by Gasteiger charge is -2.19. The molecule has 0 rings (SSSR count). The van der Waals surface area contributed by atoms with Gasteiger partial charge in [-0.1, -0.05) is 19.8 Å². The molecule has 23 heavy (non-hydrogen) atoms. The van der Waals surface area contributed by atoms with E-state index in [1.54, 1.807) is 0 Å². The minimum absolute atomic E-state index is 0.210. The van der Waals surface area contributed by atoms with Gasteiger partial charge < -0.3 is 21.1 Å². The van der Waals surface area contributed by atoms with Crippen LogP contribution in [-0.2, 0) is 19.2 Å². The van der Waals surface area contributed by atoms with Crippen LogP contribution in [0.3, 0.4) is 0 Å². The number of unbranched alkanes of at least 4 members (excludes halogenated alkanes) is 2. The van der Waals surface area contributed by atoms with Crippen LogP contribution in [0.15, 0.2) is 0 Å². The zero-order valence-corrected chi connectivity index (χ0v) is 14.1. The summed E-state index contributed by atoms with van der Waals surface area (Å²) in [4.78, 5) is 46.0. The van der Waals surface area contributed by atoms with Crippen LogP contribution in [0.2, 0.25) is 0 Å². The minimum atomic E-state index is -1.16. The Kier molecular flexibility index (Phi) is 9.60. The topological polar surface area (TPSA) is 125 Å². The number of nitrogens with one attached hydrogen (secondary N) is 3. The number of carbonyl (C=O) groups excluding carboxylic acids is 3. The van der Waals surface area contributed by atoms with Gasteiger partial charge in [0.2, 0.25) is 17.7 Å². The van der Waals surface area contributed by atoms with Gasteiger partial charge in [0.15, 0.2) is 0 Å². The fraction of sp³-hybridized carbons (Fsp3) is 0.733. The lowest BCUT2D eigenvalue weighted by Crippen LogP contribution is -2.53. The molecule has 1 unspecified atom stereocenters. The van der Waals surface area contributed by atoms with Crippen molar-refractivity contribution in [3.8, 4) is 0 Å². The first-order chi connectivity index (χ1) is 10.7. The van der Waals surface area contributed by atoms with Crippen molar-refractivity contribution in [3.05, 3.63) is 0 Å². The molecule has 0 aromatic rings. The predicted octanol–water partition coefficient (Wildman–Crippen LogP) is 0.165. The zero-order valence-electron chi connectivity index (χ0n) is 14.1. The molecule has 8 nitrogen and oxygen atoms in total. The number of amides is 3. The zero-order chi connectivity index (χ0) is 18.0. The Morgan fingerprint density at radius 2 is 1.30 bits per heavy atom. The monoisotopic (exact) mass is 329 g/mol. The highest BCUT2D eigenvalue weighted by Gasteiger charge is 2.23. The third-order valence-electron chi connectivity index (χ3n) is 3.26. The third kappa shape index (κ3) is 8.80. The number of carbonyl (C=O) groups is 4. The lowest BCUT2D eigenvalue weighted by atomic mass is 10.2. The molecule has 0 spiro atoms. The molecule has 0 saturated carbocycles. The van der Waals surface area contributed by atoms with Crippen molar-refractivity contribution in [1.29, 1.82) is 0 Å². The Bertz CT molecular complexity index is 439. The molecule has 132 valence electrons. The largest absolute Gasteiger partial charge is 0.480 e. The molecule has 0 aromatic carbocycles. The van der Waals surface area contributed by atoms with Gasteiger partial charge >= 0.3 is 5.97 Å². The van der Waals surface area contributed by atoms with E-state index in [9.17, 15) is 19.2 Å². The van der Waals surface area contributed by atoms with Crippen LogP contribution in [0, 0.1) is 0 Å². The SMILES string of the molecule is CCCCCC(=O)N[C@@H](C)C(=O)N[C@@H](C)C(=O)NC(C)C(=O)O. The van der Waals surface area contributed by atoms with Crippen LogP contribution in [0.5, 0.6) is 0 Å². The first kappa shape index (κ1) is 20.9. The Morgan fingerprint density at radius 1 is 0.826 bits per heavy atom. The van der Waals surface area contributed by atoms with Crippen LogP contribution in [0.25, 0.3) is 0 Å². The van der Waals surface area contributed by atoms with Gasteiger partial charge in [-0.25, -0.2) is 0 Å². The molecule has 3 amide bonds. The number of aliphatic carboxylic acids is 1. The summed E-state index contributed by atoms with van der Waals surface area (Å²) in [5.41, 5.74) is 0. The third-order valence-corrected chi connectivity index (χ3v) is 3.26. The number of carboxylic acid groups (broad SMARTS) is 1. The Morgan fingerprint density at radius 3 is 1.78 bits per heavy atom. The van der Waals surface area contributed by atoms with E-state index in [-0.39, 0.29) is 5.91 Å². The first-order valence-corrected chi connectivity index (χ1v) is 7.81. The molecule has 0 saturated heterocycles. The minimum Gasteiger partial charge on any atom is -0.480 e. The van der Waals surface area contributed by atoms with Gasteiger partial charge in [-0.2, -0.15) is 0 Å². The molecule has 0 aliphatic rings. The van der Waals surface area contributed by atoms with Crippen molar-refractivity contribution >= 4 is 23.7 Å². The van der Waals surface area contributed by atoms with Gasteiger partial charge in [-0.05, 0) is 27.2 Å². The van der Waals surface area contributed by atoms with Gasteiger partial charge in [0.25, 0.3) is 0 Å². The fourth-order valence-corrected chi connectivity index (χ4v) is 1.72. The van der Waals surface area contributed by atoms with Gasteiger partial charge in [0.1, 0.15) is 18.1 Å². The second-order valence-corrected chi connectivity index (χ2v) is 5.55. The highest BCUT2D eigenvalue weighted by Crippen LogP contribution is 1.99. The quantitative estimate of drug-likeness (QED) is 0.425. The van der Waals surface area contributed by atoms with Gasteiger partial charge in [0, 0.05) is 6.42 Å². The molecule has 3 atom stereocenters. The second-order valence-electron chi connectivity index (χ2n) is 5.55. The summed E-state index contributed by atoms with van der Waals surface area (Å²) in [6, 6.07) is -2.71. The van der Waals surface area contributed by atoms with E-state index in [0.29, 0.717) is 6.42 Å². The molecule has 0 fully saturated rings. The van der Waals surface area contributed by atoms with Crippen molar-refractivity contribution < 1.29 is 24.3 Å². The van der Waals surface area contributed by atoms with Crippen molar-refractivity contribution in [2.24, 2.45) is 0 Å². The number of hydrogen-bond donors (Lipinski definition) is 4. The Hall–Kier alpha value is -2.12. The maximum atomic E-state index is 11.9. The molecule has 4 N–H and O–H groups in total. The van der Waals surface area contributed by atoms with E-state index in [2.05, 4.69) is 16.0 Å². The van der Waals surface area contributed by atoms with Gasteiger partial charge in [-0.3, -0.25) is 19.2 Å². The number of carboxylic acids is 1. The van der Waals surface area contributed by atoms with E-state index in [1.165, 1.54) is 20.8 Å². The summed E-state index contributed by atoms with van der Waals surface area (Å²) >= 11 is 0. The highest BCUT2D eigenvalue weighted by molar-refractivity contribution is 5.92. The molecule has 0 heterocycles. The predicted molar refractivity (Wildman–Crippen MR) is 84.6 cm³/mol. The molecule has 0 aromatic heterocycles. The maximum absolute atomic E-state index is 11.9. The average molecular weight is 329 g/mol. The summed E-state index contributed by atoms with van der Waals surface area (Å²) in [5.74, 6) is -2.48. The van der Waals surface area contributed by atoms with Crippen LogP contribution in [0.1, 0.15) is 53.4 Å². The van der Waals surface area contributed by atoms with E-state index in [1.807, 2.05) is 6.92 Å². The molecule has 0 radical (unpaired) electrons. The summed E-state index contributed by atoms with van der Waals surface area (Å²) in [7, 11) is 0. The molecule has 0 aliphatic heterocycles. The van der Waals surface area contributed by atoms with Crippen LogP contribution in [0.4, 0.5) is 0 Å². The maximum Gasteiger partial charge on any atom is 0.325 e. The second kappa shape index (κ2) is 10.6. The molecular weight excluding hydrogens is 302 g/mol. The smallest absolute Gasteiger partial charge is 0.325 e. The number of rotatable bonds is 10. The average Bonchev–Trinajstić information content (AvgIpc) is 2.46. The summed E-state index contributed by atoms with van der Waals surface area (Å²) in [6.07, 6.45) is 3.08. The fourth-order valence-electron chi connectivity index (χ4n) is 1.72. The van der Waals surface area contributed by atoms with Crippen LogP contribution in [-0.4, -0.2) is 46.9 Å². The van der Waals surface area contributed by atoms with Crippen molar-refractivity contribution in [2.75, 3.05) is 0 Å². The van der Waals surface area contributed by atoms with Gasteiger partial charge in [-0.15, -0.1) is 0 Å². The van der Waals surface area contributed by atoms with E-state index < -0.39 is 35.9 Å². The van der Waals surface area contributed by atoms with Gasteiger partial charge in [0.05, 0.1) is 0 Å². The normalized spacial score (nSPS) is 14.3. The molecule has 8 heteroatoms. The molecule has 0 aliphatic carbocycles. The van der Waals surface area contributed by atoms with Crippen molar-refractivity contribution in [1.82, 2.24) is 16.0 Å². The molecular formula is C15H27N3O5. The van der Waals surface area contributed by atoms with E-state index in [0.717, 1.165) is 19.3 Å². The highest BCUT2D eigenvalue weighted by atomic mass is 16.4. The van der Waals surface area contributed by atoms with Crippen molar-refractivity contribution in [2.45, 2.75) is 71.5 Å². The van der Waals surface area contributed by atoms with Crippen LogP contribution >= 0.6 is 0 Å². The molecule has 0 bridgehead atoms. The van der Waals surface area contributed by atoms with E-state index >= 15 is 0 Å².